The van der Waals surface area contributed by atoms with Gasteiger partial charge in [0.15, 0.2) is 9.84 Å². The Morgan fingerprint density at radius 2 is 2.18 bits per heavy atom. The number of hydrogen-bond donors (Lipinski definition) is 1. The normalized spacial score (nSPS) is 20.7. The molecular formula is C15H27N3O3S. The van der Waals surface area contributed by atoms with Crippen LogP contribution in [0.3, 0.4) is 0 Å². The van der Waals surface area contributed by atoms with Crippen LogP contribution in [0.15, 0.2) is 0 Å². The molecule has 0 amide bonds. The number of aromatic nitrogens is 2. The zero-order valence-electron chi connectivity index (χ0n) is 13.9. The van der Waals surface area contributed by atoms with Gasteiger partial charge >= 0.3 is 0 Å². The van der Waals surface area contributed by atoms with Gasteiger partial charge in [-0.3, -0.25) is 0 Å². The summed E-state index contributed by atoms with van der Waals surface area (Å²) in [7, 11) is -2.86. The van der Waals surface area contributed by atoms with Crippen molar-refractivity contribution in [3.05, 3.63) is 11.3 Å². The molecule has 1 aromatic heterocycles. The SMILES string of the molecule is CCOc1c(CN[C@H]2CCS(=O)(=O)C2)c(C)nn1CC(C)C. The van der Waals surface area contributed by atoms with E-state index >= 15 is 0 Å². The molecule has 0 spiro atoms. The maximum absolute atomic E-state index is 11.5. The number of ether oxygens (including phenoxy) is 1. The van der Waals surface area contributed by atoms with Gasteiger partial charge in [-0.25, -0.2) is 13.1 Å². The monoisotopic (exact) mass is 329 g/mol. The zero-order valence-corrected chi connectivity index (χ0v) is 14.7. The number of hydrogen-bond acceptors (Lipinski definition) is 5. The lowest BCUT2D eigenvalue weighted by Gasteiger charge is -2.14. The molecule has 1 aliphatic rings. The summed E-state index contributed by atoms with van der Waals surface area (Å²) in [5.41, 5.74) is 1.98. The molecular weight excluding hydrogens is 302 g/mol. The van der Waals surface area contributed by atoms with E-state index in [1.807, 2.05) is 18.5 Å². The van der Waals surface area contributed by atoms with Crippen LogP contribution in [0.25, 0.3) is 0 Å². The summed E-state index contributed by atoms with van der Waals surface area (Å²) >= 11 is 0. The topological polar surface area (TPSA) is 73.2 Å². The van der Waals surface area contributed by atoms with Gasteiger partial charge in [0.05, 0.1) is 29.4 Å². The van der Waals surface area contributed by atoms with Gasteiger partial charge < -0.3 is 10.1 Å². The Morgan fingerprint density at radius 3 is 2.73 bits per heavy atom. The molecule has 7 heteroatoms. The van der Waals surface area contributed by atoms with Crippen molar-refractivity contribution in [1.29, 1.82) is 0 Å². The van der Waals surface area contributed by atoms with Crippen molar-refractivity contribution >= 4 is 9.84 Å². The fourth-order valence-corrected chi connectivity index (χ4v) is 4.48. The Morgan fingerprint density at radius 1 is 1.45 bits per heavy atom. The van der Waals surface area contributed by atoms with Gasteiger partial charge in [-0.15, -0.1) is 0 Å². The van der Waals surface area contributed by atoms with E-state index < -0.39 is 9.84 Å². The molecule has 0 saturated carbocycles. The molecule has 0 aliphatic carbocycles. The number of nitrogens with one attached hydrogen (secondary N) is 1. The van der Waals surface area contributed by atoms with Gasteiger partial charge in [0.2, 0.25) is 5.88 Å². The third-order valence-electron chi connectivity index (χ3n) is 3.82. The van der Waals surface area contributed by atoms with Gasteiger partial charge in [-0.1, -0.05) is 13.8 Å². The fourth-order valence-electron chi connectivity index (χ4n) is 2.77. The predicted molar refractivity (Wildman–Crippen MR) is 86.9 cm³/mol. The molecule has 1 saturated heterocycles. The van der Waals surface area contributed by atoms with E-state index in [1.54, 1.807) is 0 Å². The summed E-state index contributed by atoms with van der Waals surface area (Å²) in [4.78, 5) is 0. The van der Waals surface area contributed by atoms with Crippen LogP contribution in [0.4, 0.5) is 0 Å². The van der Waals surface area contributed by atoms with Crippen LogP contribution in [0, 0.1) is 12.8 Å². The molecule has 1 aromatic rings. The first-order chi connectivity index (χ1) is 10.3. The lowest BCUT2D eigenvalue weighted by Crippen LogP contribution is -2.29. The highest BCUT2D eigenvalue weighted by molar-refractivity contribution is 7.91. The molecule has 0 aromatic carbocycles. The molecule has 2 heterocycles. The first kappa shape index (κ1) is 17.3. The average Bonchev–Trinajstić information content (AvgIpc) is 2.88. The lowest BCUT2D eigenvalue weighted by molar-refractivity contribution is 0.288. The predicted octanol–water partition coefficient (Wildman–Crippen LogP) is 1.52. The molecule has 1 fully saturated rings. The van der Waals surface area contributed by atoms with Gasteiger partial charge in [0, 0.05) is 19.1 Å². The first-order valence-corrected chi connectivity index (χ1v) is 9.77. The van der Waals surface area contributed by atoms with Gasteiger partial charge in [0.25, 0.3) is 0 Å². The van der Waals surface area contributed by atoms with E-state index in [0.29, 0.717) is 25.5 Å². The van der Waals surface area contributed by atoms with Crippen molar-refractivity contribution in [3.8, 4) is 5.88 Å². The summed E-state index contributed by atoms with van der Waals surface area (Å²) in [5.74, 6) is 1.81. The third kappa shape index (κ3) is 4.23. The van der Waals surface area contributed by atoms with E-state index in [-0.39, 0.29) is 17.5 Å². The summed E-state index contributed by atoms with van der Waals surface area (Å²) in [6.45, 7) is 10.2. The van der Waals surface area contributed by atoms with Gasteiger partial charge in [0.1, 0.15) is 0 Å². The summed E-state index contributed by atoms with van der Waals surface area (Å²) in [6, 6.07) is 0.0346. The fraction of sp³-hybridized carbons (Fsp3) is 0.800. The second-order valence-corrected chi connectivity index (χ2v) is 8.59. The highest BCUT2D eigenvalue weighted by Crippen LogP contribution is 2.24. The molecule has 1 N–H and O–H groups in total. The van der Waals surface area contributed by atoms with Crippen molar-refractivity contribution in [2.45, 2.75) is 53.2 Å². The Hall–Kier alpha value is -1.08. The molecule has 1 aliphatic heterocycles. The zero-order chi connectivity index (χ0) is 16.3. The van der Waals surface area contributed by atoms with E-state index in [0.717, 1.165) is 23.7 Å². The highest BCUT2D eigenvalue weighted by atomic mass is 32.2. The summed E-state index contributed by atoms with van der Waals surface area (Å²) in [6.07, 6.45) is 0.686. The Kier molecular flexibility index (Phi) is 5.50. The minimum Gasteiger partial charge on any atom is -0.478 e. The van der Waals surface area contributed by atoms with Crippen LogP contribution in [0.5, 0.6) is 5.88 Å². The van der Waals surface area contributed by atoms with Crippen molar-refractivity contribution in [3.63, 3.8) is 0 Å². The third-order valence-corrected chi connectivity index (χ3v) is 5.59. The highest BCUT2D eigenvalue weighted by Gasteiger charge is 2.28. The van der Waals surface area contributed by atoms with Gasteiger partial charge in [-0.05, 0) is 26.2 Å². The minimum atomic E-state index is -2.86. The van der Waals surface area contributed by atoms with Crippen LogP contribution >= 0.6 is 0 Å². The standard InChI is InChI=1S/C15H27N3O3S/c1-5-21-15-14(12(4)17-18(15)9-11(2)3)8-16-13-6-7-22(19,20)10-13/h11,13,16H,5-10H2,1-4H3/t13-/m0/s1. The average molecular weight is 329 g/mol. The van der Waals surface area contributed by atoms with E-state index in [4.69, 9.17) is 4.74 Å². The van der Waals surface area contributed by atoms with Crippen LogP contribution in [0.1, 0.15) is 38.4 Å². The van der Waals surface area contributed by atoms with Gasteiger partial charge in [-0.2, -0.15) is 5.10 Å². The number of aryl methyl sites for hydroxylation is 1. The first-order valence-electron chi connectivity index (χ1n) is 7.95. The van der Waals surface area contributed by atoms with Crippen LogP contribution < -0.4 is 10.1 Å². The minimum absolute atomic E-state index is 0.0346. The van der Waals surface area contributed by atoms with Crippen molar-refractivity contribution in [2.24, 2.45) is 5.92 Å². The molecule has 126 valence electrons. The summed E-state index contributed by atoms with van der Waals surface area (Å²) < 4.78 is 30.8. The van der Waals surface area contributed by atoms with Crippen molar-refractivity contribution < 1.29 is 13.2 Å². The van der Waals surface area contributed by atoms with Crippen molar-refractivity contribution in [2.75, 3.05) is 18.1 Å². The van der Waals surface area contributed by atoms with Crippen LogP contribution in [-0.4, -0.2) is 42.4 Å². The number of rotatable bonds is 7. The van der Waals surface area contributed by atoms with E-state index in [9.17, 15) is 8.42 Å². The molecule has 6 nitrogen and oxygen atoms in total. The van der Waals surface area contributed by atoms with E-state index in [1.165, 1.54) is 0 Å². The second-order valence-electron chi connectivity index (χ2n) is 6.36. The number of nitrogens with zero attached hydrogens (tertiary/aromatic N) is 2. The van der Waals surface area contributed by atoms with Crippen LogP contribution in [-0.2, 0) is 22.9 Å². The Balaban J connectivity index is 2.10. The molecule has 1 atom stereocenters. The Labute approximate surface area is 133 Å². The lowest BCUT2D eigenvalue weighted by atomic mass is 10.2. The largest absolute Gasteiger partial charge is 0.478 e. The quantitative estimate of drug-likeness (QED) is 0.821. The van der Waals surface area contributed by atoms with E-state index in [2.05, 4.69) is 24.3 Å². The smallest absolute Gasteiger partial charge is 0.216 e. The molecule has 0 unspecified atom stereocenters. The Bertz CT molecular complexity index is 608. The molecule has 0 radical (unpaired) electrons. The summed E-state index contributed by atoms with van der Waals surface area (Å²) in [5, 5.41) is 7.92. The van der Waals surface area contributed by atoms with Crippen LogP contribution in [0.2, 0.25) is 0 Å². The maximum atomic E-state index is 11.5. The molecule has 22 heavy (non-hydrogen) atoms. The maximum Gasteiger partial charge on any atom is 0.216 e. The second kappa shape index (κ2) is 7.00. The molecule has 0 bridgehead atoms. The molecule has 2 rings (SSSR count). The van der Waals surface area contributed by atoms with Crippen molar-refractivity contribution in [1.82, 2.24) is 15.1 Å². The number of sulfone groups is 1.